The predicted molar refractivity (Wildman–Crippen MR) is 110 cm³/mol. The summed E-state index contributed by atoms with van der Waals surface area (Å²) < 4.78 is 84.3. The van der Waals surface area contributed by atoms with Gasteiger partial charge in [-0.1, -0.05) is 11.6 Å². The van der Waals surface area contributed by atoms with Crippen molar-refractivity contribution in [2.45, 2.75) is 23.9 Å². The van der Waals surface area contributed by atoms with E-state index in [0.29, 0.717) is 30.7 Å². The fourth-order valence-corrected chi connectivity index (χ4v) is 5.27. The van der Waals surface area contributed by atoms with Gasteiger partial charge in [0.2, 0.25) is 15.9 Å². The molecule has 1 atom stereocenters. The molecule has 1 heterocycles. The number of hydrogen-bond acceptors (Lipinski definition) is 4. The van der Waals surface area contributed by atoms with Gasteiger partial charge in [-0.15, -0.1) is 0 Å². The average molecular weight is 495 g/mol. The van der Waals surface area contributed by atoms with Crippen molar-refractivity contribution in [1.29, 1.82) is 0 Å². The number of methoxy groups -OCH3 is 1. The maximum absolute atomic E-state index is 13.5. The van der Waals surface area contributed by atoms with E-state index in [1.165, 1.54) is 25.3 Å². The molecule has 1 aliphatic rings. The second-order valence-electron chi connectivity index (χ2n) is 7.18. The summed E-state index contributed by atoms with van der Waals surface area (Å²) in [6.45, 7) is 0.00959. The number of ether oxygens (including phenoxy) is 1. The van der Waals surface area contributed by atoms with E-state index in [0.717, 1.165) is 10.4 Å². The second kappa shape index (κ2) is 9.24. The van der Waals surface area contributed by atoms with Gasteiger partial charge in [0, 0.05) is 18.8 Å². The fraction of sp³-hybridized carbons (Fsp3) is 0.350. The number of hydrogen-bond donors (Lipinski definition) is 1. The first-order valence-electron chi connectivity index (χ1n) is 9.45. The quantitative estimate of drug-likeness (QED) is 0.619. The van der Waals surface area contributed by atoms with Crippen molar-refractivity contribution >= 4 is 33.2 Å². The van der Waals surface area contributed by atoms with Crippen molar-refractivity contribution in [3.63, 3.8) is 0 Å². The molecule has 6 nitrogen and oxygen atoms in total. The van der Waals surface area contributed by atoms with Crippen LogP contribution in [0.2, 0.25) is 5.02 Å². The largest absolute Gasteiger partial charge is 0.495 e. The molecular weight excluding hydrogens is 476 g/mol. The first-order valence-corrected chi connectivity index (χ1v) is 11.3. The van der Waals surface area contributed by atoms with Crippen LogP contribution in [0.3, 0.4) is 0 Å². The van der Waals surface area contributed by atoms with Crippen molar-refractivity contribution in [3.05, 3.63) is 52.8 Å². The minimum Gasteiger partial charge on any atom is -0.495 e. The lowest BCUT2D eigenvalue weighted by atomic mass is 9.98. The summed E-state index contributed by atoms with van der Waals surface area (Å²) in [4.78, 5) is 12.5. The molecule has 1 aliphatic heterocycles. The Hall–Kier alpha value is -2.37. The Labute approximate surface area is 187 Å². The van der Waals surface area contributed by atoms with Gasteiger partial charge >= 0.3 is 6.18 Å². The molecule has 0 saturated carbocycles. The fourth-order valence-electron chi connectivity index (χ4n) is 3.40. The summed E-state index contributed by atoms with van der Waals surface area (Å²) in [5.41, 5.74) is -1.73. The van der Waals surface area contributed by atoms with Gasteiger partial charge in [0.05, 0.1) is 28.5 Å². The SMILES string of the molecule is COc1ccc(S(=O)(=O)N2CCC[C@H](C(=O)Nc3ccc(F)c(C(F)(F)F)c3)C2)cc1Cl. The molecule has 0 radical (unpaired) electrons. The molecule has 1 N–H and O–H groups in total. The lowest BCUT2D eigenvalue weighted by Gasteiger charge is -2.31. The van der Waals surface area contributed by atoms with Crippen molar-refractivity contribution in [2.24, 2.45) is 5.92 Å². The van der Waals surface area contributed by atoms with E-state index in [1.807, 2.05) is 0 Å². The van der Waals surface area contributed by atoms with Gasteiger partial charge in [0.1, 0.15) is 11.6 Å². The van der Waals surface area contributed by atoms with Crippen LogP contribution in [0.15, 0.2) is 41.3 Å². The monoisotopic (exact) mass is 494 g/mol. The molecule has 0 aliphatic carbocycles. The molecule has 2 aromatic carbocycles. The maximum Gasteiger partial charge on any atom is 0.419 e. The van der Waals surface area contributed by atoms with Crippen LogP contribution in [-0.2, 0) is 21.0 Å². The Balaban J connectivity index is 1.76. The minimum atomic E-state index is -4.92. The highest BCUT2D eigenvalue weighted by atomic mass is 35.5. The van der Waals surface area contributed by atoms with Crippen LogP contribution in [0.1, 0.15) is 18.4 Å². The van der Waals surface area contributed by atoms with E-state index < -0.39 is 39.4 Å². The molecule has 32 heavy (non-hydrogen) atoms. The van der Waals surface area contributed by atoms with Crippen LogP contribution in [0.25, 0.3) is 0 Å². The molecular formula is C20H19ClF4N2O4S. The summed E-state index contributed by atoms with van der Waals surface area (Å²) in [6, 6.07) is 6.13. The maximum atomic E-state index is 13.5. The molecule has 12 heteroatoms. The summed E-state index contributed by atoms with van der Waals surface area (Å²) in [6.07, 6.45) is -4.20. The normalized spacial score (nSPS) is 17.8. The van der Waals surface area contributed by atoms with Crippen LogP contribution < -0.4 is 10.1 Å². The number of piperidine rings is 1. The van der Waals surface area contributed by atoms with E-state index in [-0.39, 0.29) is 28.7 Å². The number of carbonyl (C=O) groups excluding carboxylic acids is 1. The first-order chi connectivity index (χ1) is 14.9. The van der Waals surface area contributed by atoms with Crippen LogP contribution in [0.4, 0.5) is 23.2 Å². The topological polar surface area (TPSA) is 75.7 Å². The van der Waals surface area contributed by atoms with Gasteiger partial charge in [-0.2, -0.15) is 17.5 Å². The lowest BCUT2D eigenvalue weighted by Crippen LogP contribution is -2.43. The molecule has 0 unspecified atom stereocenters. The summed E-state index contributed by atoms with van der Waals surface area (Å²) in [7, 11) is -2.57. The highest BCUT2D eigenvalue weighted by molar-refractivity contribution is 7.89. The van der Waals surface area contributed by atoms with E-state index in [1.54, 1.807) is 0 Å². The van der Waals surface area contributed by atoms with Gasteiger partial charge in [-0.05, 0) is 49.2 Å². The Morgan fingerprint density at radius 3 is 2.56 bits per heavy atom. The Morgan fingerprint density at radius 1 is 1.22 bits per heavy atom. The highest BCUT2D eigenvalue weighted by Gasteiger charge is 2.36. The second-order valence-corrected chi connectivity index (χ2v) is 9.53. The van der Waals surface area contributed by atoms with Gasteiger partial charge in [0.15, 0.2) is 0 Å². The third-order valence-corrected chi connectivity index (χ3v) is 7.21. The third-order valence-electron chi connectivity index (χ3n) is 5.06. The first kappa shape index (κ1) is 24.3. The number of nitrogens with one attached hydrogen (secondary N) is 1. The van der Waals surface area contributed by atoms with Gasteiger partial charge < -0.3 is 10.1 Å². The zero-order chi connectivity index (χ0) is 23.7. The van der Waals surface area contributed by atoms with Crippen molar-refractivity contribution in [1.82, 2.24) is 4.31 Å². The van der Waals surface area contributed by atoms with Crippen molar-refractivity contribution in [3.8, 4) is 5.75 Å². The number of amides is 1. The van der Waals surface area contributed by atoms with Crippen molar-refractivity contribution < 1.29 is 35.5 Å². The Kier molecular flexibility index (Phi) is 7.01. The number of benzene rings is 2. The summed E-state index contributed by atoms with van der Waals surface area (Å²) in [5.74, 6) is -2.60. The molecule has 0 spiro atoms. The van der Waals surface area contributed by atoms with E-state index in [2.05, 4.69) is 5.32 Å². The Bertz CT molecular complexity index is 1130. The molecule has 1 fully saturated rings. The number of alkyl halides is 3. The van der Waals surface area contributed by atoms with E-state index in [9.17, 15) is 30.8 Å². The zero-order valence-electron chi connectivity index (χ0n) is 16.7. The smallest absolute Gasteiger partial charge is 0.419 e. The number of nitrogens with zero attached hydrogens (tertiary/aromatic N) is 1. The number of sulfonamides is 1. The van der Waals surface area contributed by atoms with Gasteiger partial charge in [-0.3, -0.25) is 4.79 Å². The zero-order valence-corrected chi connectivity index (χ0v) is 18.3. The molecule has 0 bridgehead atoms. The molecule has 3 rings (SSSR count). The molecule has 2 aromatic rings. The van der Waals surface area contributed by atoms with Gasteiger partial charge in [0.25, 0.3) is 0 Å². The van der Waals surface area contributed by atoms with Crippen molar-refractivity contribution in [2.75, 3.05) is 25.5 Å². The van der Waals surface area contributed by atoms with E-state index >= 15 is 0 Å². The number of rotatable bonds is 5. The molecule has 0 aromatic heterocycles. The standard InChI is InChI=1S/C20H19ClF4N2O4S/c1-31-18-7-5-14(10-16(18)21)32(29,30)27-8-2-3-12(11-27)19(28)26-13-4-6-17(22)15(9-13)20(23,24)25/h4-7,9-10,12H,2-3,8,11H2,1H3,(H,26,28)/t12-/m0/s1. The summed E-state index contributed by atoms with van der Waals surface area (Å²) >= 11 is 6.02. The van der Waals surface area contributed by atoms with Crippen LogP contribution in [0.5, 0.6) is 5.75 Å². The molecule has 1 saturated heterocycles. The average Bonchev–Trinajstić information content (AvgIpc) is 2.74. The Morgan fingerprint density at radius 2 is 1.94 bits per heavy atom. The highest BCUT2D eigenvalue weighted by Crippen LogP contribution is 2.34. The van der Waals surface area contributed by atoms with Crippen LogP contribution in [0, 0.1) is 11.7 Å². The predicted octanol–water partition coefficient (Wildman–Crippen LogP) is 4.55. The third kappa shape index (κ3) is 5.16. The lowest BCUT2D eigenvalue weighted by molar-refractivity contribution is -0.140. The minimum absolute atomic E-state index is 0.0716. The number of anilines is 1. The summed E-state index contributed by atoms with van der Waals surface area (Å²) in [5, 5.41) is 2.43. The molecule has 1 amide bonds. The van der Waals surface area contributed by atoms with Crippen LogP contribution >= 0.6 is 11.6 Å². The van der Waals surface area contributed by atoms with Crippen LogP contribution in [-0.4, -0.2) is 38.8 Å². The van der Waals surface area contributed by atoms with Gasteiger partial charge in [-0.25, -0.2) is 12.8 Å². The van der Waals surface area contributed by atoms with E-state index in [4.69, 9.17) is 16.3 Å². The molecule has 174 valence electrons. The number of halogens is 5. The number of carbonyl (C=O) groups is 1.